The van der Waals surface area contributed by atoms with Gasteiger partial charge in [-0.05, 0) is 25.0 Å². The minimum atomic E-state index is 0.215. The van der Waals surface area contributed by atoms with Gasteiger partial charge < -0.3 is 10.2 Å². The van der Waals surface area contributed by atoms with Gasteiger partial charge in [-0.15, -0.1) is 0 Å². The Morgan fingerprint density at radius 3 is 3.06 bits per heavy atom. The van der Waals surface area contributed by atoms with Crippen LogP contribution in [0.2, 0.25) is 0 Å². The van der Waals surface area contributed by atoms with Gasteiger partial charge in [0.15, 0.2) is 0 Å². The van der Waals surface area contributed by atoms with Crippen molar-refractivity contribution in [1.29, 1.82) is 0 Å². The molecule has 1 N–H and O–H groups in total. The van der Waals surface area contributed by atoms with E-state index in [4.69, 9.17) is 0 Å². The fourth-order valence-corrected chi connectivity index (χ4v) is 2.61. The molecule has 0 aromatic carbocycles. The van der Waals surface area contributed by atoms with E-state index in [1.165, 1.54) is 6.42 Å². The Morgan fingerprint density at radius 1 is 1.38 bits per heavy atom. The molecule has 3 rings (SSSR count). The summed E-state index contributed by atoms with van der Waals surface area (Å²) in [6, 6.07) is 4.67. The van der Waals surface area contributed by atoms with E-state index in [0.29, 0.717) is 18.5 Å². The summed E-state index contributed by atoms with van der Waals surface area (Å²) in [4.78, 5) is 18.0. The molecule has 2 atom stereocenters. The Hall–Kier alpha value is -1.42. The van der Waals surface area contributed by atoms with Crippen molar-refractivity contribution in [3.8, 4) is 0 Å². The number of carbonyl (C=O) groups excluding carboxylic acids is 1. The molecular formula is C12H15N3O. The highest BCUT2D eigenvalue weighted by atomic mass is 16.2. The second-order valence-electron chi connectivity index (χ2n) is 4.56. The predicted octanol–water partition coefficient (Wildman–Crippen LogP) is 0.939. The second-order valence-corrected chi connectivity index (χ2v) is 4.56. The monoisotopic (exact) mass is 217 g/mol. The van der Waals surface area contributed by atoms with Crippen LogP contribution in [0.1, 0.15) is 19.3 Å². The van der Waals surface area contributed by atoms with Gasteiger partial charge in [0, 0.05) is 31.2 Å². The van der Waals surface area contributed by atoms with E-state index in [1.54, 1.807) is 12.4 Å². The first-order chi connectivity index (χ1) is 7.83. The highest BCUT2D eigenvalue weighted by Crippen LogP contribution is 2.24. The molecule has 4 heteroatoms. The average molecular weight is 217 g/mol. The number of hydrogen-bond donors (Lipinski definition) is 1. The number of pyridine rings is 1. The first-order valence-electron chi connectivity index (χ1n) is 5.79. The van der Waals surface area contributed by atoms with E-state index in [2.05, 4.69) is 10.3 Å². The van der Waals surface area contributed by atoms with Crippen LogP contribution < -0.4 is 10.2 Å². The number of rotatable bonds is 1. The van der Waals surface area contributed by atoms with E-state index in [1.807, 2.05) is 17.0 Å². The molecule has 2 fully saturated rings. The van der Waals surface area contributed by atoms with Crippen LogP contribution >= 0.6 is 0 Å². The molecule has 84 valence electrons. The van der Waals surface area contributed by atoms with E-state index >= 15 is 0 Å². The molecule has 0 unspecified atom stereocenters. The molecule has 1 aromatic heterocycles. The number of hydrogen-bond acceptors (Lipinski definition) is 3. The smallest absolute Gasteiger partial charge is 0.228 e. The first kappa shape index (κ1) is 9.78. The lowest BCUT2D eigenvalue weighted by Crippen LogP contribution is -2.37. The van der Waals surface area contributed by atoms with Gasteiger partial charge in [0.25, 0.3) is 0 Å². The standard InChI is InChI=1S/C12H15N3O/c16-12-6-9-3-4-10(14-9)8-15(12)11-2-1-5-13-7-11/h1-2,5,7,9-10,14H,3-4,6,8H2/t9-,10+/m0/s1. The van der Waals surface area contributed by atoms with Crippen LogP contribution in [0, 0.1) is 0 Å². The predicted molar refractivity (Wildman–Crippen MR) is 61.2 cm³/mol. The van der Waals surface area contributed by atoms with Crippen LogP contribution in [-0.4, -0.2) is 29.5 Å². The van der Waals surface area contributed by atoms with Crippen LogP contribution in [0.5, 0.6) is 0 Å². The van der Waals surface area contributed by atoms with Crippen molar-refractivity contribution in [2.45, 2.75) is 31.3 Å². The highest BCUT2D eigenvalue weighted by molar-refractivity contribution is 5.94. The van der Waals surface area contributed by atoms with Gasteiger partial charge in [0.2, 0.25) is 5.91 Å². The van der Waals surface area contributed by atoms with Gasteiger partial charge >= 0.3 is 0 Å². The minimum Gasteiger partial charge on any atom is -0.309 e. The van der Waals surface area contributed by atoms with Gasteiger partial charge in [-0.3, -0.25) is 9.78 Å². The first-order valence-corrected chi connectivity index (χ1v) is 5.79. The third-order valence-electron chi connectivity index (χ3n) is 3.42. The molecular weight excluding hydrogens is 202 g/mol. The molecule has 0 saturated carbocycles. The van der Waals surface area contributed by atoms with Crippen LogP contribution in [0.25, 0.3) is 0 Å². The van der Waals surface area contributed by atoms with E-state index in [9.17, 15) is 4.79 Å². The van der Waals surface area contributed by atoms with Crippen molar-refractivity contribution < 1.29 is 4.79 Å². The Kier molecular flexibility index (Phi) is 2.36. The number of nitrogens with zero attached hydrogens (tertiary/aromatic N) is 2. The Morgan fingerprint density at radius 2 is 2.25 bits per heavy atom. The Bertz CT molecular complexity index is 393. The molecule has 0 spiro atoms. The molecule has 2 aliphatic rings. The summed E-state index contributed by atoms with van der Waals surface area (Å²) in [6.45, 7) is 0.779. The normalized spacial score (nSPS) is 29.2. The molecule has 16 heavy (non-hydrogen) atoms. The number of fused-ring (bicyclic) bond motifs is 2. The van der Waals surface area contributed by atoms with Crippen molar-refractivity contribution in [1.82, 2.24) is 10.3 Å². The molecule has 0 radical (unpaired) electrons. The zero-order chi connectivity index (χ0) is 11.0. The summed E-state index contributed by atoms with van der Waals surface area (Å²) in [5.41, 5.74) is 0.918. The maximum atomic E-state index is 12.1. The molecule has 1 aromatic rings. The number of amides is 1. The van der Waals surface area contributed by atoms with Gasteiger partial charge in [-0.25, -0.2) is 0 Å². The topological polar surface area (TPSA) is 45.2 Å². The van der Waals surface area contributed by atoms with Gasteiger partial charge in [0.05, 0.1) is 11.9 Å². The average Bonchev–Trinajstić information content (AvgIpc) is 2.66. The number of aromatic nitrogens is 1. The third kappa shape index (κ3) is 1.69. The van der Waals surface area contributed by atoms with Crippen molar-refractivity contribution in [2.24, 2.45) is 0 Å². The molecule has 2 aliphatic heterocycles. The van der Waals surface area contributed by atoms with Crippen molar-refractivity contribution in [3.63, 3.8) is 0 Å². The number of nitrogens with one attached hydrogen (secondary N) is 1. The van der Waals surface area contributed by atoms with Crippen molar-refractivity contribution in [2.75, 3.05) is 11.4 Å². The Labute approximate surface area is 94.7 Å². The zero-order valence-electron chi connectivity index (χ0n) is 9.10. The summed E-state index contributed by atoms with van der Waals surface area (Å²) in [6.07, 6.45) is 6.42. The maximum absolute atomic E-state index is 12.1. The van der Waals surface area contributed by atoms with Crippen molar-refractivity contribution in [3.05, 3.63) is 24.5 Å². The molecule has 2 bridgehead atoms. The van der Waals surface area contributed by atoms with Crippen LogP contribution in [0.4, 0.5) is 5.69 Å². The van der Waals surface area contributed by atoms with Crippen LogP contribution in [-0.2, 0) is 4.79 Å². The van der Waals surface area contributed by atoms with E-state index in [0.717, 1.165) is 18.7 Å². The van der Waals surface area contributed by atoms with E-state index in [-0.39, 0.29) is 5.91 Å². The molecule has 0 aliphatic carbocycles. The summed E-state index contributed by atoms with van der Waals surface area (Å²) >= 11 is 0. The fraction of sp³-hybridized carbons (Fsp3) is 0.500. The van der Waals surface area contributed by atoms with Gasteiger partial charge in [0.1, 0.15) is 0 Å². The summed E-state index contributed by atoms with van der Waals surface area (Å²) in [5.74, 6) is 0.215. The lowest BCUT2D eigenvalue weighted by Gasteiger charge is -2.23. The van der Waals surface area contributed by atoms with Gasteiger partial charge in [-0.1, -0.05) is 0 Å². The van der Waals surface area contributed by atoms with E-state index < -0.39 is 0 Å². The summed E-state index contributed by atoms with van der Waals surface area (Å²) < 4.78 is 0. The lowest BCUT2D eigenvalue weighted by molar-refractivity contribution is -0.118. The largest absolute Gasteiger partial charge is 0.309 e. The highest BCUT2D eigenvalue weighted by Gasteiger charge is 2.33. The molecule has 1 amide bonds. The lowest BCUT2D eigenvalue weighted by atomic mass is 10.1. The Balaban J connectivity index is 1.87. The zero-order valence-corrected chi connectivity index (χ0v) is 9.10. The minimum absolute atomic E-state index is 0.215. The van der Waals surface area contributed by atoms with Crippen LogP contribution in [0.3, 0.4) is 0 Å². The number of carbonyl (C=O) groups is 1. The molecule has 3 heterocycles. The second kappa shape index (κ2) is 3.87. The SMILES string of the molecule is O=C1C[C@@H]2CC[C@H](CN1c1cccnc1)N2. The van der Waals surface area contributed by atoms with Crippen molar-refractivity contribution >= 4 is 11.6 Å². The quantitative estimate of drug-likeness (QED) is 0.761. The number of anilines is 1. The van der Waals surface area contributed by atoms with Crippen LogP contribution in [0.15, 0.2) is 24.5 Å². The fourth-order valence-electron chi connectivity index (χ4n) is 2.61. The maximum Gasteiger partial charge on any atom is 0.228 e. The molecule has 2 saturated heterocycles. The summed E-state index contributed by atoms with van der Waals surface area (Å²) in [5, 5.41) is 3.50. The molecule has 4 nitrogen and oxygen atoms in total. The van der Waals surface area contributed by atoms with Gasteiger partial charge in [-0.2, -0.15) is 0 Å². The summed E-state index contributed by atoms with van der Waals surface area (Å²) in [7, 11) is 0. The third-order valence-corrected chi connectivity index (χ3v) is 3.42.